The first kappa shape index (κ1) is 45.7. The average Bonchev–Trinajstić information content (AvgIpc) is 3.52. The van der Waals surface area contributed by atoms with Crippen molar-refractivity contribution in [1.82, 2.24) is 5.32 Å². The van der Waals surface area contributed by atoms with E-state index in [4.69, 9.17) is 52.1 Å². The van der Waals surface area contributed by atoms with Gasteiger partial charge in [0.15, 0.2) is 0 Å². The van der Waals surface area contributed by atoms with E-state index in [0.717, 1.165) is 13.0 Å². The number of hydrogen-bond acceptors (Lipinski definition) is 12. The minimum atomic E-state index is -0.413. The zero-order valence-electron chi connectivity index (χ0n) is 32.6. The average molecular weight is 764 g/mol. The van der Waals surface area contributed by atoms with Crippen LogP contribution in [0.4, 0.5) is 4.79 Å². The van der Waals surface area contributed by atoms with Crippen molar-refractivity contribution in [3.63, 3.8) is 0 Å². The van der Waals surface area contributed by atoms with Crippen LogP contribution in [0.1, 0.15) is 43.7 Å². The Hall–Kier alpha value is -2.69. The third kappa shape index (κ3) is 20.8. The summed E-state index contributed by atoms with van der Waals surface area (Å²) in [5.74, 6) is 0.644. The van der Waals surface area contributed by atoms with Crippen LogP contribution < -0.4 is 5.32 Å². The van der Waals surface area contributed by atoms with Crippen LogP contribution in [0.15, 0.2) is 48.5 Å². The molecule has 1 amide bonds. The van der Waals surface area contributed by atoms with E-state index in [1.54, 1.807) is 0 Å². The van der Waals surface area contributed by atoms with Gasteiger partial charge in [-0.3, -0.25) is 0 Å². The van der Waals surface area contributed by atoms with Crippen molar-refractivity contribution < 1.29 is 56.9 Å². The lowest BCUT2D eigenvalue weighted by Gasteiger charge is -2.14. The Balaban J connectivity index is 0.950. The van der Waals surface area contributed by atoms with Crippen molar-refractivity contribution in [1.29, 1.82) is 0 Å². The van der Waals surface area contributed by atoms with Gasteiger partial charge in [-0.15, -0.1) is 0 Å². The van der Waals surface area contributed by atoms with E-state index in [1.807, 2.05) is 24.3 Å². The molecular formula is C41H65NO12. The molecule has 0 spiro atoms. The topological polar surface area (TPSA) is 131 Å². The standard InChI is InChI=1S/C41H65NO12/c1-3-35(2)33-53-32-31-52-30-29-51-28-27-50-26-25-49-24-23-48-22-21-47-20-19-46-18-17-45-16-15-44-14-8-13-42-41(43)54-34-40-38-11-6-4-9-36(38)37-10-5-7-12-39(37)40/h4-7,9-12,35,40H,3,8,13-34H2,1-2H3,(H,42,43). The molecule has 2 aromatic rings. The summed E-state index contributed by atoms with van der Waals surface area (Å²) in [5, 5.41) is 2.81. The number of ether oxygens (including phenoxy) is 11. The minimum absolute atomic E-state index is 0.0511. The smallest absolute Gasteiger partial charge is 0.407 e. The van der Waals surface area contributed by atoms with Gasteiger partial charge in [-0.25, -0.2) is 4.79 Å². The van der Waals surface area contributed by atoms with E-state index in [0.29, 0.717) is 151 Å². The van der Waals surface area contributed by atoms with Crippen molar-refractivity contribution in [2.24, 2.45) is 5.92 Å². The Bertz CT molecular complexity index is 1160. The zero-order chi connectivity index (χ0) is 38.2. The van der Waals surface area contributed by atoms with Crippen LogP contribution in [0, 0.1) is 5.92 Å². The molecule has 1 aliphatic carbocycles. The fourth-order valence-electron chi connectivity index (χ4n) is 5.40. The number of carbonyl (C=O) groups is 1. The molecule has 0 radical (unpaired) electrons. The number of alkyl carbamates (subject to hydrolysis) is 1. The second-order valence-corrected chi connectivity index (χ2v) is 12.7. The van der Waals surface area contributed by atoms with Crippen molar-refractivity contribution in [3.05, 3.63) is 59.7 Å². The summed E-state index contributed by atoms with van der Waals surface area (Å²) in [6, 6.07) is 16.6. The first-order valence-electron chi connectivity index (χ1n) is 19.6. The van der Waals surface area contributed by atoms with Crippen LogP contribution in [0.3, 0.4) is 0 Å². The molecule has 13 nitrogen and oxygen atoms in total. The molecule has 0 aromatic heterocycles. The van der Waals surface area contributed by atoms with Crippen molar-refractivity contribution in [2.75, 3.05) is 145 Å². The molecule has 1 N–H and O–H groups in total. The molecule has 1 unspecified atom stereocenters. The molecule has 306 valence electrons. The fourth-order valence-corrected chi connectivity index (χ4v) is 5.40. The molecule has 3 rings (SSSR count). The van der Waals surface area contributed by atoms with Gasteiger partial charge in [0.25, 0.3) is 0 Å². The maximum absolute atomic E-state index is 12.3. The number of hydrogen-bond donors (Lipinski definition) is 1. The Kier molecular flexibility index (Phi) is 26.7. The van der Waals surface area contributed by atoms with E-state index in [2.05, 4.69) is 43.4 Å². The molecule has 0 saturated carbocycles. The Morgan fingerprint density at radius 2 is 0.889 bits per heavy atom. The molecule has 0 heterocycles. The number of benzene rings is 2. The third-order valence-electron chi connectivity index (χ3n) is 8.53. The highest BCUT2D eigenvalue weighted by atomic mass is 16.6. The van der Waals surface area contributed by atoms with E-state index in [1.165, 1.54) is 22.3 Å². The lowest BCUT2D eigenvalue weighted by Crippen LogP contribution is -2.27. The molecule has 0 fully saturated rings. The number of carbonyl (C=O) groups excluding carboxylic acids is 1. The van der Waals surface area contributed by atoms with Crippen LogP contribution in [0.5, 0.6) is 0 Å². The first-order valence-corrected chi connectivity index (χ1v) is 19.6. The molecule has 0 aliphatic heterocycles. The minimum Gasteiger partial charge on any atom is -0.449 e. The normalized spacial score (nSPS) is 12.9. The summed E-state index contributed by atoms with van der Waals surface area (Å²) in [6.07, 6.45) is 1.40. The number of amides is 1. The summed E-state index contributed by atoms with van der Waals surface area (Å²) < 4.78 is 60.7. The lowest BCUT2D eigenvalue weighted by molar-refractivity contribution is -0.0268. The summed E-state index contributed by atoms with van der Waals surface area (Å²) >= 11 is 0. The summed E-state index contributed by atoms with van der Waals surface area (Å²) in [4.78, 5) is 12.3. The highest BCUT2D eigenvalue weighted by molar-refractivity contribution is 5.79. The molecule has 1 atom stereocenters. The zero-order valence-corrected chi connectivity index (χ0v) is 32.6. The van der Waals surface area contributed by atoms with Gasteiger partial charge in [0.1, 0.15) is 6.61 Å². The third-order valence-corrected chi connectivity index (χ3v) is 8.53. The fraction of sp³-hybridized carbons (Fsp3) is 0.683. The van der Waals surface area contributed by atoms with Gasteiger partial charge in [0.2, 0.25) is 0 Å². The lowest BCUT2D eigenvalue weighted by atomic mass is 9.98. The quantitative estimate of drug-likeness (QED) is 0.0925. The Morgan fingerprint density at radius 1 is 0.537 bits per heavy atom. The van der Waals surface area contributed by atoms with Crippen LogP contribution in [0.2, 0.25) is 0 Å². The Morgan fingerprint density at radius 3 is 1.28 bits per heavy atom. The van der Waals surface area contributed by atoms with Gasteiger partial charge < -0.3 is 57.4 Å². The van der Waals surface area contributed by atoms with Gasteiger partial charge >= 0.3 is 6.09 Å². The molecule has 54 heavy (non-hydrogen) atoms. The molecule has 2 aromatic carbocycles. The van der Waals surface area contributed by atoms with E-state index < -0.39 is 6.09 Å². The van der Waals surface area contributed by atoms with Gasteiger partial charge in [-0.1, -0.05) is 68.8 Å². The molecule has 0 bridgehead atoms. The monoisotopic (exact) mass is 763 g/mol. The largest absolute Gasteiger partial charge is 0.449 e. The molecule has 0 saturated heterocycles. The first-order chi connectivity index (χ1) is 26.7. The van der Waals surface area contributed by atoms with E-state index in [-0.39, 0.29) is 5.92 Å². The molecule has 1 aliphatic rings. The highest BCUT2D eigenvalue weighted by Crippen LogP contribution is 2.44. The summed E-state index contributed by atoms with van der Waals surface area (Å²) in [6.45, 7) is 15.8. The van der Waals surface area contributed by atoms with Crippen molar-refractivity contribution in [3.8, 4) is 11.1 Å². The number of rotatable bonds is 36. The van der Waals surface area contributed by atoms with E-state index >= 15 is 0 Å². The van der Waals surface area contributed by atoms with Gasteiger partial charge in [-0.2, -0.15) is 0 Å². The van der Waals surface area contributed by atoms with E-state index in [9.17, 15) is 4.79 Å². The highest BCUT2D eigenvalue weighted by Gasteiger charge is 2.28. The van der Waals surface area contributed by atoms with Crippen LogP contribution in [0.25, 0.3) is 11.1 Å². The second-order valence-electron chi connectivity index (χ2n) is 12.7. The predicted molar refractivity (Wildman–Crippen MR) is 205 cm³/mol. The van der Waals surface area contributed by atoms with Crippen molar-refractivity contribution >= 4 is 6.09 Å². The van der Waals surface area contributed by atoms with Gasteiger partial charge in [0, 0.05) is 25.7 Å². The molecule has 13 heteroatoms. The van der Waals surface area contributed by atoms with Crippen LogP contribution >= 0.6 is 0 Å². The Labute approximate surface area is 322 Å². The van der Waals surface area contributed by atoms with Gasteiger partial charge in [-0.05, 0) is 34.6 Å². The van der Waals surface area contributed by atoms with Crippen LogP contribution in [-0.2, 0) is 52.1 Å². The predicted octanol–water partition coefficient (Wildman–Crippen LogP) is 5.13. The maximum atomic E-state index is 12.3. The summed E-state index contributed by atoms with van der Waals surface area (Å²) in [7, 11) is 0. The summed E-state index contributed by atoms with van der Waals surface area (Å²) in [5.41, 5.74) is 4.81. The maximum Gasteiger partial charge on any atom is 0.407 e. The van der Waals surface area contributed by atoms with Crippen molar-refractivity contribution in [2.45, 2.75) is 32.6 Å². The SMILES string of the molecule is CCC(C)COCCOCCOCCOCCOCCOCCOCCOCCOCCOCCCNC(=O)OCC1c2ccccc2-c2ccccc21. The molecular weight excluding hydrogens is 698 g/mol. The van der Waals surface area contributed by atoms with Crippen LogP contribution in [-0.4, -0.2) is 151 Å². The number of nitrogens with one attached hydrogen (secondary N) is 1. The van der Waals surface area contributed by atoms with Gasteiger partial charge in [0.05, 0.1) is 119 Å². The second kappa shape index (κ2) is 31.5. The number of fused-ring (bicyclic) bond motifs is 3.